The molecular weight excluding hydrogens is 252 g/mol. The smallest absolute Gasteiger partial charge is 0.0380 e. The number of hydrogen-bond acceptors (Lipinski definition) is 0. The third-order valence-electron chi connectivity index (χ3n) is 3.39. The van der Waals surface area contributed by atoms with Crippen molar-refractivity contribution in [2.75, 3.05) is 0 Å². The van der Waals surface area contributed by atoms with Gasteiger partial charge in [-0.25, -0.2) is 0 Å². The van der Waals surface area contributed by atoms with E-state index in [0.29, 0.717) is 5.41 Å². The van der Waals surface area contributed by atoms with Crippen molar-refractivity contribution in [1.29, 1.82) is 0 Å². The van der Waals surface area contributed by atoms with Crippen LogP contribution in [0.25, 0.3) is 0 Å². The lowest BCUT2D eigenvalue weighted by Gasteiger charge is -2.19. The summed E-state index contributed by atoms with van der Waals surface area (Å²) in [5, 5.41) is 0. The quantitative estimate of drug-likeness (QED) is 0.483. The third-order valence-corrected chi connectivity index (χ3v) is 3.39. The first kappa shape index (κ1) is 23.3. The predicted octanol–water partition coefficient (Wildman–Crippen LogP) is 7.96. The van der Waals surface area contributed by atoms with E-state index in [9.17, 15) is 0 Å². The van der Waals surface area contributed by atoms with Crippen molar-refractivity contribution in [3.8, 4) is 0 Å². The molecule has 0 saturated heterocycles. The summed E-state index contributed by atoms with van der Waals surface area (Å²) in [6.07, 6.45) is 8.53. The summed E-state index contributed by atoms with van der Waals surface area (Å²) in [4.78, 5) is 0. The molecular formula is C21H46. The van der Waals surface area contributed by atoms with Crippen molar-refractivity contribution >= 4 is 0 Å². The van der Waals surface area contributed by atoms with Crippen LogP contribution in [0.4, 0.5) is 0 Å². The van der Waals surface area contributed by atoms with E-state index >= 15 is 0 Å². The standard InChI is InChI=1S/C8H18.C7H14.C6H14/c1-7(2)6-8(3,4)5;1-6(2)5-7-3-4-7;1-4-5-6(2)3/h7H,6H2,1-5H3;6-7H,3-5H2,1-2H3;6H,4-5H2,1-3H3. The second-order valence-electron chi connectivity index (χ2n) is 9.41. The van der Waals surface area contributed by atoms with Crippen LogP contribution in [0.2, 0.25) is 0 Å². The first-order valence-corrected chi connectivity index (χ1v) is 9.47. The van der Waals surface area contributed by atoms with E-state index in [2.05, 4.69) is 69.2 Å². The largest absolute Gasteiger partial charge is 0.0654 e. The molecule has 0 amide bonds. The molecule has 130 valence electrons. The van der Waals surface area contributed by atoms with E-state index in [1.165, 1.54) is 38.5 Å². The van der Waals surface area contributed by atoms with Gasteiger partial charge in [0.1, 0.15) is 0 Å². The zero-order valence-corrected chi connectivity index (χ0v) is 17.1. The Labute approximate surface area is 137 Å². The molecule has 0 radical (unpaired) electrons. The molecule has 0 aromatic rings. The molecule has 21 heavy (non-hydrogen) atoms. The maximum absolute atomic E-state index is 2.30. The summed E-state index contributed by atoms with van der Waals surface area (Å²) >= 11 is 0. The van der Waals surface area contributed by atoms with E-state index in [1.54, 1.807) is 0 Å². The minimum atomic E-state index is 0.522. The summed E-state index contributed by atoms with van der Waals surface area (Å²) < 4.78 is 0. The second-order valence-corrected chi connectivity index (χ2v) is 9.41. The lowest BCUT2D eigenvalue weighted by Crippen LogP contribution is -2.08. The third kappa shape index (κ3) is 28.8. The first-order chi connectivity index (χ1) is 9.47. The Morgan fingerprint density at radius 1 is 0.810 bits per heavy atom. The molecule has 0 N–H and O–H groups in total. The molecule has 0 unspecified atom stereocenters. The highest BCUT2D eigenvalue weighted by Gasteiger charge is 2.21. The fourth-order valence-corrected chi connectivity index (χ4v) is 2.82. The highest BCUT2D eigenvalue weighted by Crippen LogP contribution is 2.34. The molecule has 0 aromatic carbocycles. The molecule has 0 aromatic heterocycles. The lowest BCUT2D eigenvalue weighted by molar-refractivity contribution is 0.320. The highest BCUT2D eigenvalue weighted by atomic mass is 14.3. The lowest BCUT2D eigenvalue weighted by atomic mass is 9.86. The van der Waals surface area contributed by atoms with Crippen LogP contribution < -0.4 is 0 Å². The summed E-state index contributed by atoms with van der Waals surface area (Å²) in [5.41, 5.74) is 0.522. The fourth-order valence-electron chi connectivity index (χ4n) is 2.82. The summed E-state index contributed by atoms with van der Waals surface area (Å²) in [6, 6.07) is 0. The zero-order valence-electron chi connectivity index (χ0n) is 17.1. The normalized spacial score (nSPS) is 14.7. The van der Waals surface area contributed by atoms with E-state index < -0.39 is 0 Å². The van der Waals surface area contributed by atoms with Gasteiger partial charge in [0.15, 0.2) is 0 Å². The van der Waals surface area contributed by atoms with Gasteiger partial charge in [-0.05, 0) is 41.9 Å². The average molecular weight is 299 g/mol. The van der Waals surface area contributed by atoms with E-state index in [0.717, 1.165) is 23.7 Å². The van der Waals surface area contributed by atoms with Gasteiger partial charge >= 0.3 is 0 Å². The van der Waals surface area contributed by atoms with Crippen molar-refractivity contribution in [2.24, 2.45) is 29.1 Å². The number of hydrogen-bond donors (Lipinski definition) is 0. The Balaban J connectivity index is 0. The summed E-state index contributed by atoms with van der Waals surface area (Å²) in [5.74, 6) is 3.80. The monoisotopic (exact) mass is 298 g/mol. The van der Waals surface area contributed by atoms with Gasteiger partial charge < -0.3 is 0 Å². The molecule has 1 rings (SSSR count). The van der Waals surface area contributed by atoms with Gasteiger partial charge in [-0.15, -0.1) is 0 Å². The van der Waals surface area contributed by atoms with Crippen molar-refractivity contribution in [3.63, 3.8) is 0 Å². The topological polar surface area (TPSA) is 0 Å². The Morgan fingerprint density at radius 3 is 1.33 bits per heavy atom. The van der Waals surface area contributed by atoms with Crippen LogP contribution in [0.5, 0.6) is 0 Å². The zero-order chi connectivity index (χ0) is 17.1. The molecule has 1 aliphatic carbocycles. The molecule has 0 heterocycles. The van der Waals surface area contributed by atoms with Crippen LogP contribution in [0.1, 0.15) is 108 Å². The van der Waals surface area contributed by atoms with Crippen molar-refractivity contribution in [2.45, 2.75) is 108 Å². The van der Waals surface area contributed by atoms with Crippen molar-refractivity contribution in [3.05, 3.63) is 0 Å². The van der Waals surface area contributed by atoms with Crippen LogP contribution in [0, 0.1) is 29.1 Å². The van der Waals surface area contributed by atoms with Gasteiger partial charge in [-0.1, -0.05) is 94.9 Å². The van der Waals surface area contributed by atoms with Crippen molar-refractivity contribution < 1.29 is 0 Å². The van der Waals surface area contributed by atoms with Crippen LogP contribution in [0.15, 0.2) is 0 Å². The van der Waals surface area contributed by atoms with Gasteiger partial charge in [0.2, 0.25) is 0 Å². The summed E-state index contributed by atoms with van der Waals surface area (Å²) in [7, 11) is 0. The van der Waals surface area contributed by atoms with Gasteiger partial charge in [0.05, 0.1) is 0 Å². The molecule has 1 saturated carbocycles. The van der Waals surface area contributed by atoms with Crippen molar-refractivity contribution in [1.82, 2.24) is 0 Å². The Morgan fingerprint density at radius 2 is 1.29 bits per heavy atom. The molecule has 0 atom stereocenters. The van der Waals surface area contributed by atoms with E-state index in [1.807, 2.05) is 0 Å². The van der Waals surface area contributed by atoms with E-state index in [-0.39, 0.29) is 0 Å². The number of rotatable bonds is 5. The van der Waals surface area contributed by atoms with Crippen LogP contribution in [-0.2, 0) is 0 Å². The molecule has 1 aliphatic rings. The van der Waals surface area contributed by atoms with Crippen LogP contribution >= 0.6 is 0 Å². The first-order valence-electron chi connectivity index (χ1n) is 9.47. The Hall–Kier alpha value is 0. The molecule has 1 fully saturated rings. The second kappa shape index (κ2) is 12.5. The Kier molecular flexibility index (Phi) is 13.9. The Bertz CT molecular complexity index is 201. The van der Waals surface area contributed by atoms with Gasteiger partial charge in [-0.2, -0.15) is 0 Å². The maximum atomic E-state index is 2.30. The SMILES string of the molecule is CC(C)CC(C)(C)C.CC(C)CC1CC1.CCCC(C)C. The van der Waals surface area contributed by atoms with Gasteiger partial charge in [0.25, 0.3) is 0 Å². The van der Waals surface area contributed by atoms with Gasteiger partial charge in [0, 0.05) is 0 Å². The molecule has 0 bridgehead atoms. The fraction of sp³-hybridized carbons (Fsp3) is 1.00. The van der Waals surface area contributed by atoms with E-state index in [4.69, 9.17) is 0 Å². The maximum Gasteiger partial charge on any atom is -0.0380 e. The van der Waals surface area contributed by atoms with Crippen LogP contribution in [0.3, 0.4) is 0 Å². The molecule has 0 nitrogen and oxygen atoms in total. The molecule has 0 aliphatic heterocycles. The highest BCUT2D eigenvalue weighted by molar-refractivity contribution is 4.73. The minimum Gasteiger partial charge on any atom is -0.0654 e. The summed E-state index contributed by atoms with van der Waals surface area (Å²) in [6.45, 7) is 22.7. The van der Waals surface area contributed by atoms with Crippen LogP contribution in [-0.4, -0.2) is 0 Å². The van der Waals surface area contributed by atoms with Gasteiger partial charge in [-0.3, -0.25) is 0 Å². The molecule has 0 heteroatoms. The average Bonchev–Trinajstić information content (AvgIpc) is 2.97. The molecule has 0 spiro atoms. The minimum absolute atomic E-state index is 0.522. The predicted molar refractivity (Wildman–Crippen MR) is 101 cm³/mol.